The van der Waals surface area contributed by atoms with Gasteiger partial charge in [-0.15, -0.1) is 0 Å². The molecule has 1 atom stereocenters. The number of hydrogen-bond donors (Lipinski definition) is 1. The average Bonchev–Trinajstić information content (AvgIpc) is 2.36. The topological polar surface area (TPSA) is 46.5 Å². The Balaban J connectivity index is 2.63. The molecule has 1 unspecified atom stereocenters. The highest BCUT2D eigenvalue weighted by Gasteiger charge is 2.23. The minimum Gasteiger partial charge on any atom is -0.481 e. The monoisotopic (exact) mass is 264 g/mol. The summed E-state index contributed by atoms with van der Waals surface area (Å²) < 4.78 is 5.34. The van der Waals surface area contributed by atoms with E-state index in [4.69, 9.17) is 4.74 Å². The zero-order valence-corrected chi connectivity index (χ0v) is 12.3. The molecule has 0 heterocycles. The molecule has 3 nitrogen and oxygen atoms in total. The van der Waals surface area contributed by atoms with E-state index in [1.54, 1.807) is 7.11 Å². The van der Waals surface area contributed by atoms with Gasteiger partial charge in [-0.25, -0.2) is 0 Å². The van der Waals surface area contributed by atoms with Crippen molar-refractivity contribution in [3.8, 4) is 0 Å². The molecular formula is C16H24O3. The SMILES string of the molecule is COC(C)(C)CCC(Cc1ccc(C)cc1)C(=O)O. The largest absolute Gasteiger partial charge is 0.481 e. The van der Waals surface area contributed by atoms with Crippen molar-refractivity contribution >= 4 is 5.97 Å². The first-order valence-corrected chi connectivity index (χ1v) is 6.67. The molecule has 0 bridgehead atoms. The fourth-order valence-corrected chi connectivity index (χ4v) is 1.95. The van der Waals surface area contributed by atoms with Crippen LogP contribution < -0.4 is 0 Å². The average molecular weight is 264 g/mol. The standard InChI is InChI=1S/C16H24O3/c1-12-5-7-13(8-6-12)11-14(15(17)18)9-10-16(2,3)19-4/h5-8,14H,9-11H2,1-4H3,(H,17,18). The van der Waals surface area contributed by atoms with Crippen LogP contribution in [0, 0.1) is 12.8 Å². The number of aliphatic carboxylic acids is 1. The van der Waals surface area contributed by atoms with Gasteiger partial charge in [0.15, 0.2) is 0 Å². The van der Waals surface area contributed by atoms with Crippen LogP contribution in [0.5, 0.6) is 0 Å². The summed E-state index contributed by atoms with van der Waals surface area (Å²) in [5.74, 6) is -1.08. The fraction of sp³-hybridized carbons (Fsp3) is 0.562. The molecule has 1 aromatic rings. The molecule has 0 saturated heterocycles. The Hall–Kier alpha value is -1.35. The first-order chi connectivity index (χ1) is 8.84. The number of ether oxygens (including phenoxy) is 1. The van der Waals surface area contributed by atoms with Gasteiger partial charge >= 0.3 is 5.97 Å². The zero-order chi connectivity index (χ0) is 14.5. The van der Waals surface area contributed by atoms with Gasteiger partial charge in [0, 0.05) is 7.11 Å². The molecule has 106 valence electrons. The smallest absolute Gasteiger partial charge is 0.306 e. The molecule has 0 spiro atoms. The summed E-state index contributed by atoms with van der Waals surface area (Å²) in [5, 5.41) is 9.32. The van der Waals surface area contributed by atoms with E-state index in [-0.39, 0.29) is 11.5 Å². The molecule has 1 N–H and O–H groups in total. The predicted molar refractivity (Wildman–Crippen MR) is 76.3 cm³/mol. The Labute approximate surface area is 115 Å². The maximum Gasteiger partial charge on any atom is 0.306 e. The number of hydrogen-bond acceptors (Lipinski definition) is 2. The molecule has 0 fully saturated rings. The van der Waals surface area contributed by atoms with Gasteiger partial charge < -0.3 is 9.84 Å². The lowest BCUT2D eigenvalue weighted by Gasteiger charge is -2.24. The van der Waals surface area contributed by atoms with Crippen molar-refractivity contribution in [2.24, 2.45) is 5.92 Å². The van der Waals surface area contributed by atoms with Crippen LogP contribution in [-0.2, 0) is 16.0 Å². The van der Waals surface area contributed by atoms with Gasteiger partial charge in [0.1, 0.15) is 0 Å². The van der Waals surface area contributed by atoms with Gasteiger partial charge in [0.25, 0.3) is 0 Å². The van der Waals surface area contributed by atoms with Gasteiger partial charge in [-0.3, -0.25) is 4.79 Å². The lowest BCUT2D eigenvalue weighted by Crippen LogP contribution is -2.26. The molecule has 0 aromatic heterocycles. The summed E-state index contributed by atoms with van der Waals surface area (Å²) in [6.07, 6.45) is 1.95. The van der Waals surface area contributed by atoms with Crippen molar-refractivity contribution in [1.29, 1.82) is 0 Å². The summed E-state index contributed by atoms with van der Waals surface area (Å²) >= 11 is 0. The van der Waals surface area contributed by atoms with Crippen molar-refractivity contribution in [2.45, 2.75) is 45.6 Å². The van der Waals surface area contributed by atoms with Gasteiger partial charge in [-0.05, 0) is 45.6 Å². The molecule has 0 aliphatic carbocycles. The molecule has 0 aliphatic rings. The molecule has 0 amide bonds. The van der Waals surface area contributed by atoms with Crippen LogP contribution in [-0.4, -0.2) is 23.8 Å². The van der Waals surface area contributed by atoms with E-state index < -0.39 is 5.97 Å². The van der Waals surface area contributed by atoms with Crippen LogP contribution in [0.1, 0.15) is 37.8 Å². The molecule has 0 radical (unpaired) electrons. The lowest BCUT2D eigenvalue weighted by molar-refractivity contribution is -0.142. The Bertz CT molecular complexity index is 407. The van der Waals surface area contributed by atoms with E-state index in [2.05, 4.69) is 0 Å². The Morgan fingerprint density at radius 1 is 1.32 bits per heavy atom. The van der Waals surface area contributed by atoms with Crippen molar-refractivity contribution < 1.29 is 14.6 Å². The highest BCUT2D eigenvalue weighted by molar-refractivity contribution is 5.70. The van der Waals surface area contributed by atoms with Crippen molar-refractivity contribution in [3.05, 3.63) is 35.4 Å². The Kier molecular flexibility index (Phi) is 5.55. The van der Waals surface area contributed by atoms with Crippen LogP contribution in [0.4, 0.5) is 0 Å². The number of benzene rings is 1. The van der Waals surface area contributed by atoms with Crippen molar-refractivity contribution in [3.63, 3.8) is 0 Å². The van der Waals surface area contributed by atoms with Crippen molar-refractivity contribution in [2.75, 3.05) is 7.11 Å². The van der Waals surface area contributed by atoms with E-state index >= 15 is 0 Å². The quantitative estimate of drug-likeness (QED) is 0.820. The number of carboxylic acid groups (broad SMARTS) is 1. The molecular weight excluding hydrogens is 240 g/mol. The summed E-state index contributed by atoms with van der Waals surface area (Å²) in [6, 6.07) is 8.06. The molecule has 1 aromatic carbocycles. The molecule has 19 heavy (non-hydrogen) atoms. The third kappa shape index (κ3) is 5.43. The minimum atomic E-state index is -0.729. The number of rotatable bonds is 7. The van der Waals surface area contributed by atoms with E-state index in [9.17, 15) is 9.90 Å². The predicted octanol–water partition coefficient (Wildman–Crippen LogP) is 3.44. The highest BCUT2D eigenvalue weighted by atomic mass is 16.5. The second kappa shape index (κ2) is 6.71. The minimum absolute atomic E-state index is 0.263. The van der Waals surface area contributed by atoms with Gasteiger partial charge in [0.2, 0.25) is 0 Å². The second-order valence-corrected chi connectivity index (χ2v) is 5.73. The molecule has 0 saturated carbocycles. The van der Waals surface area contributed by atoms with E-state index in [1.165, 1.54) is 5.56 Å². The summed E-state index contributed by atoms with van der Waals surface area (Å²) in [5.41, 5.74) is 2.01. The van der Waals surface area contributed by atoms with Crippen LogP contribution in [0.3, 0.4) is 0 Å². The summed E-state index contributed by atoms with van der Waals surface area (Å²) in [6.45, 7) is 6.00. The van der Waals surface area contributed by atoms with Crippen LogP contribution in [0.15, 0.2) is 24.3 Å². The number of carbonyl (C=O) groups is 1. The van der Waals surface area contributed by atoms with E-state index in [0.29, 0.717) is 12.8 Å². The van der Waals surface area contributed by atoms with Gasteiger partial charge in [-0.2, -0.15) is 0 Å². The molecule has 3 heteroatoms. The van der Waals surface area contributed by atoms with E-state index in [1.807, 2.05) is 45.0 Å². The van der Waals surface area contributed by atoms with Crippen LogP contribution in [0.25, 0.3) is 0 Å². The first-order valence-electron chi connectivity index (χ1n) is 6.67. The molecule has 0 aliphatic heterocycles. The summed E-state index contributed by atoms with van der Waals surface area (Å²) in [7, 11) is 1.66. The third-order valence-corrected chi connectivity index (χ3v) is 3.60. The second-order valence-electron chi connectivity index (χ2n) is 5.73. The van der Waals surface area contributed by atoms with E-state index in [0.717, 1.165) is 12.0 Å². The first kappa shape index (κ1) is 15.7. The van der Waals surface area contributed by atoms with Crippen LogP contribution >= 0.6 is 0 Å². The summed E-state index contributed by atoms with van der Waals surface area (Å²) in [4.78, 5) is 11.3. The molecule has 1 rings (SSSR count). The lowest BCUT2D eigenvalue weighted by atomic mass is 9.90. The van der Waals surface area contributed by atoms with Crippen LogP contribution in [0.2, 0.25) is 0 Å². The maximum absolute atomic E-state index is 11.3. The Morgan fingerprint density at radius 3 is 2.37 bits per heavy atom. The normalized spacial score (nSPS) is 13.3. The number of carboxylic acids is 1. The number of methoxy groups -OCH3 is 1. The highest BCUT2D eigenvalue weighted by Crippen LogP contribution is 2.22. The van der Waals surface area contributed by atoms with Gasteiger partial charge in [0.05, 0.1) is 11.5 Å². The fourth-order valence-electron chi connectivity index (χ4n) is 1.95. The maximum atomic E-state index is 11.3. The number of aryl methyl sites for hydroxylation is 1. The van der Waals surface area contributed by atoms with Gasteiger partial charge in [-0.1, -0.05) is 29.8 Å². The van der Waals surface area contributed by atoms with Crippen molar-refractivity contribution in [1.82, 2.24) is 0 Å². The third-order valence-electron chi connectivity index (χ3n) is 3.60. The Morgan fingerprint density at radius 2 is 1.89 bits per heavy atom. The zero-order valence-electron chi connectivity index (χ0n) is 12.3.